The first kappa shape index (κ1) is 13.7. The molecule has 0 radical (unpaired) electrons. The van der Waals surface area contributed by atoms with Crippen molar-refractivity contribution in [2.75, 3.05) is 13.1 Å². The number of thiazole rings is 1. The lowest BCUT2D eigenvalue weighted by Gasteiger charge is -2.30. The Morgan fingerprint density at radius 2 is 2.00 bits per heavy atom. The Morgan fingerprint density at radius 3 is 2.77 bits per heavy atom. The molecule has 1 aromatic carbocycles. The molecule has 3 amide bonds. The van der Waals surface area contributed by atoms with Crippen LogP contribution in [0, 0.1) is 0 Å². The number of benzene rings is 1. The van der Waals surface area contributed by atoms with Gasteiger partial charge in [-0.3, -0.25) is 9.69 Å². The molecule has 1 aromatic heterocycles. The number of aromatic nitrogens is 1. The predicted octanol–water partition coefficient (Wildman–Crippen LogP) is 1.47. The summed E-state index contributed by atoms with van der Waals surface area (Å²) < 4.78 is 1.07. The quantitative estimate of drug-likeness (QED) is 0.823. The molecule has 1 spiro atoms. The van der Waals surface area contributed by atoms with Crippen LogP contribution in [0.5, 0.6) is 0 Å². The van der Waals surface area contributed by atoms with Crippen molar-refractivity contribution in [3.63, 3.8) is 0 Å². The Kier molecular flexibility index (Phi) is 3.12. The van der Waals surface area contributed by atoms with Crippen molar-refractivity contribution in [2.24, 2.45) is 0 Å². The van der Waals surface area contributed by atoms with Crippen molar-refractivity contribution in [2.45, 2.75) is 24.9 Å². The van der Waals surface area contributed by atoms with Crippen LogP contribution in [0.25, 0.3) is 10.2 Å². The van der Waals surface area contributed by atoms with Crippen LogP contribution < -0.4 is 10.6 Å². The molecular formula is C15H16N4O2S. The molecule has 2 aromatic rings. The Bertz CT molecular complexity index is 718. The number of fused-ring (bicyclic) bond motifs is 1. The minimum absolute atomic E-state index is 0.113. The van der Waals surface area contributed by atoms with Gasteiger partial charge in [0, 0.05) is 0 Å². The molecule has 0 unspecified atom stereocenters. The van der Waals surface area contributed by atoms with Gasteiger partial charge in [0.25, 0.3) is 5.91 Å². The van der Waals surface area contributed by atoms with E-state index in [2.05, 4.69) is 15.6 Å². The zero-order valence-electron chi connectivity index (χ0n) is 12.0. The van der Waals surface area contributed by atoms with Crippen LogP contribution in [0.4, 0.5) is 4.79 Å². The molecular weight excluding hydrogens is 300 g/mol. The van der Waals surface area contributed by atoms with E-state index < -0.39 is 5.54 Å². The summed E-state index contributed by atoms with van der Waals surface area (Å²) in [7, 11) is 0. The number of piperidine rings is 1. The zero-order valence-corrected chi connectivity index (χ0v) is 12.8. The van der Waals surface area contributed by atoms with Gasteiger partial charge in [-0.2, -0.15) is 0 Å². The molecule has 2 fully saturated rings. The Labute approximate surface area is 131 Å². The average molecular weight is 316 g/mol. The topological polar surface area (TPSA) is 74.3 Å². The van der Waals surface area contributed by atoms with Crippen LogP contribution in [0.3, 0.4) is 0 Å². The number of nitrogens with one attached hydrogen (secondary N) is 2. The minimum Gasteiger partial charge on any atom is -0.323 e. The molecule has 2 aliphatic heterocycles. The lowest BCUT2D eigenvalue weighted by Crippen LogP contribution is -2.53. The second-order valence-corrected chi connectivity index (χ2v) is 6.84. The monoisotopic (exact) mass is 316 g/mol. The number of imide groups is 1. The predicted molar refractivity (Wildman–Crippen MR) is 83.5 cm³/mol. The van der Waals surface area contributed by atoms with E-state index in [1.807, 2.05) is 24.3 Å². The van der Waals surface area contributed by atoms with Crippen LogP contribution in [0.2, 0.25) is 0 Å². The summed E-state index contributed by atoms with van der Waals surface area (Å²) in [6, 6.07) is 7.53. The largest absolute Gasteiger partial charge is 0.325 e. The molecule has 0 aliphatic carbocycles. The molecule has 2 saturated heterocycles. The van der Waals surface area contributed by atoms with E-state index in [4.69, 9.17) is 0 Å². The maximum atomic E-state index is 12.7. The number of urea groups is 1. The highest BCUT2D eigenvalue weighted by atomic mass is 32.1. The number of carbonyl (C=O) groups excluding carboxylic acids is 2. The lowest BCUT2D eigenvalue weighted by molar-refractivity contribution is -0.132. The van der Waals surface area contributed by atoms with Gasteiger partial charge in [-0.15, -0.1) is 11.3 Å². The number of para-hydroxylation sites is 1. The Hall–Kier alpha value is -1.99. The van der Waals surface area contributed by atoms with Gasteiger partial charge in [0.2, 0.25) is 0 Å². The van der Waals surface area contributed by atoms with E-state index >= 15 is 0 Å². The van der Waals surface area contributed by atoms with Gasteiger partial charge in [0.05, 0.1) is 16.8 Å². The minimum atomic E-state index is -0.709. The molecule has 4 rings (SSSR count). The lowest BCUT2D eigenvalue weighted by atomic mass is 9.88. The first-order valence-corrected chi connectivity index (χ1v) is 8.19. The molecule has 0 bridgehead atoms. The molecule has 3 heterocycles. The fourth-order valence-corrected chi connectivity index (χ4v) is 4.09. The molecule has 7 heteroatoms. The maximum absolute atomic E-state index is 12.7. The number of rotatable bonds is 2. The second kappa shape index (κ2) is 5.03. The van der Waals surface area contributed by atoms with E-state index in [-0.39, 0.29) is 18.5 Å². The number of hydrogen-bond acceptors (Lipinski definition) is 5. The molecule has 0 atom stereocenters. The Morgan fingerprint density at radius 1 is 1.23 bits per heavy atom. The first-order valence-electron chi connectivity index (χ1n) is 7.37. The molecule has 6 nitrogen and oxygen atoms in total. The van der Waals surface area contributed by atoms with Crippen molar-refractivity contribution >= 4 is 33.5 Å². The van der Waals surface area contributed by atoms with Crippen molar-refractivity contribution in [3.05, 3.63) is 29.3 Å². The zero-order chi connectivity index (χ0) is 15.2. The second-order valence-electron chi connectivity index (χ2n) is 5.73. The standard InChI is InChI=1S/C15H16N4O2S/c20-13-15(5-7-16-8-6-15)18-14(21)19(13)9-12-17-10-3-1-2-4-11(10)22-12/h1-4,16H,5-9H2,(H,18,21). The highest BCUT2D eigenvalue weighted by molar-refractivity contribution is 7.18. The van der Waals surface area contributed by atoms with Crippen molar-refractivity contribution in [1.29, 1.82) is 0 Å². The maximum Gasteiger partial charge on any atom is 0.325 e. The average Bonchev–Trinajstić information content (AvgIpc) is 3.03. The van der Waals surface area contributed by atoms with Crippen molar-refractivity contribution in [1.82, 2.24) is 20.5 Å². The summed E-state index contributed by atoms with van der Waals surface area (Å²) >= 11 is 1.53. The van der Waals surface area contributed by atoms with Crippen molar-refractivity contribution < 1.29 is 9.59 Å². The smallest absolute Gasteiger partial charge is 0.323 e. The Balaban J connectivity index is 1.59. The van der Waals surface area contributed by atoms with Gasteiger partial charge in [0.1, 0.15) is 10.5 Å². The molecule has 22 heavy (non-hydrogen) atoms. The number of nitrogens with zero attached hydrogens (tertiary/aromatic N) is 2. The summed E-state index contributed by atoms with van der Waals surface area (Å²) in [5, 5.41) is 6.91. The van der Waals surface area contributed by atoms with Crippen LogP contribution >= 0.6 is 11.3 Å². The normalized spacial score (nSPS) is 20.8. The van der Waals surface area contributed by atoms with Crippen LogP contribution in [0.15, 0.2) is 24.3 Å². The fraction of sp³-hybridized carbons (Fsp3) is 0.400. The summed E-state index contributed by atoms with van der Waals surface area (Å²) in [6.45, 7) is 1.75. The van der Waals surface area contributed by atoms with Crippen LogP contribution in [0.1, 0.15) is 17.8 Å². The van der Waals surface area contributed by atoms with Gasteiger partial charge in [-0.25, -0.2) is 9.78 Å². The van der Waals surface area contributed by atoms with E-state index in [9.17, 15) is 9.59 Å². The highest BCUT2D eigenvalue weighted by Gasteiger charge is 2.51. The van der Waals surface area contributed by atoms with Crippen molar-refractivity contribution in [3.8, 4) is 0 Å². The van der Waals surface area contributed by atoms with E-state index in [1.54, 1.807) is 0 Å². The summed E-state index contributed by atoms with van der Waals surface area (Å²) in [5.74, 6) is -0.113. The molecule has 2 aliphatic rings. The summed E-state index contributed by atoms with van der Waals surface area (Å²) in [6.07, 6.45) is 1.29. The highest BCUT2D eigenvalue weighted by Crippen LogP contribution is 2.29. The van der Waals surface area contributed by atoms with E-state index in [0.717, 1.165) is 28.3 Å². The van der Waals surface area contributed by atoms with Gasteiger partial charge < -0.3 is 10.6 Å². The van der Waals surface area contributed by atoms with Crippen LogP contribution in [-0.2, 0) is 11.3 Å². The summed E-state index contributed by atoms with van der Waals surface area (Å²) in [4.78, 5) is 30.8. The van der Waals surface area contributed by atoms with Gasteiger partial charge in [0.15, 0.2) is 0 Å². The number of carbonyl (C=O) groups is 2. The number of hydrogen-bond donors (Lipinski definition) is 2. The molecule has 114 valence electrons. The third-order valence-electron chi connectivity index (χ3n) is 4.33. The molecule has 2 N–H and O–H groups in total. The first-order chi connectivity index (χ1) is 10.7. The van der Waals surface area contributed by atoms with E-state index in [0.29, 0.717) is 12.8 Å². The fourth-order valence-electron chi connectivity index (χ4n) is 3.14. The molecule has 0 saturated carbocycles. The van der Waals surface area contributed by atoms with Crippen LogP contribution in [-0.4, -0.2) is 40.5 Å². The summed E-state index contributed by atoms with van der Waals surface area (Å²) in [5.41, 5.74) is 0.199. The van der Waals surface area contributed by atoms with Gasteiger partial charge in [-0.05, 0) is 38.1 Å². The third-order valence-corrected chi connectivity index (χ3v) is 5.36. The SMILES string of the molecule is O=C1NC2(CCNCC2)C(=O)N1Cc1nc2ccccc2s1. The van der Waals surface area contributed by atoms with Gasteiger partial charge in [-0.1, -0.05) is 12.1 Å². The van der Waals surface area contributed by atoms with Gasteiger partial charge >= 0.3 is 6.03 Å². The number of amides is 3. The third kappa shape index (κ3) is 2.08. The van der Waals surface area contributed by atoms with E-state index in [1.165, 1.54) is 16.2 Å².